The lowest BCUT2D eigenvalue weighted by molar-refractivity contribution is -0.128. The number of rotatable bonds is 4. The van der Waals surface area contributed by atoms with Gasteiger partial charge in [-0.2, -0.15) is 0 Å². The summed E-state index contributed by atoms with van der Waals surface area (Å²) in [6.45, 7) is 2.53. The van der Waals surface area contributed by atoms with Gasteiger partial charge in [-0.25, -0.2) is 4.98 Å². The molecule has 1 amide bonds. The standard InChI is InChI=1S/C11H16BrN3O/c1-8-9(12)4-5-10(14-8)13-7-6-11(16)15(2)3/h4-5H,6-7H2,1-3H3,(H,13,14). The minimum absolute atomic E-state index is 0.112. The molecule has 0 aromatic carbocycles. The molecule has 16 heavy (non-hydrogen) atoms. The Bertz CT molecular complexity index is 379. The van der Waals surface area contributed by atoms with Gasteiger partial charge in [-0.3, -0.25) is 4.79 Å². The molecule has 1 aromatic heterocycles. The number of hydrogen-bond donors (Lipinski definition) is 1. The van der Waals surface area contributed by atoms with Crippen molar-refractivity contribution < 1.29 is 4.79 Å². The number of hydrogen-bond acceptors (Lipinski definition) is 3. The molecule has 1 aromatic rings. The summed E-state index contributed by atoms with van der Waals surface area (Å²) in [6.07, 6.45) is 0.476. The summed E-state index contributed by atoms with van der Waals surface area (Å²) in [5.74, 6) is 0.911. The molecule has 0 aliphatic carbocycles. The van der Waals surface area contributed by atoms with Gasteiger partial charge in [-0.05, 0) is 35.0 Å². The van der Waals surface area contributed by atoms with Crippen molar-refractivity contribution in [1.82, 2.24) is 9.88 Å². The van der Waals surface area contributed by atoms with Gasteiger partial charge in [0.25, 0.3) is 0 Å². The van der Waals surface area contributed by atoms with Gasteiger partial charge < -0.3 is 10.2 Å². The van der Waals surface area contributed by atoms with E-state index in [0.29, 0.717) is 13.0 Å². The lowest BCUT2D eigenvalue weighted by atomic mass is 10.3. The number of anilines is 1. The van der Waals surface area contributed by atoms with Crippen molar-refractivity contribution in [2.24, 2.45) is 0 Å². The molecule has 1 rings (SSSR count). The highest BCUT2D eigenvalue weighted by atomic mass is 79.9. The number of carbonyl (C=O) groups excluding carboxylic acids is 1. The zero-order chi connectivity index (χ0) is 12.1. The van der Waals surface area contributed by atoms with E-state index in [4.69, 9.17) is 0 Å². The average Bonchev–Trinajstić information content (AvgIpc) is 2.23. The molecule has 0 bridgehead atoms. The number of nitrogens with one attached hydrogen (secondary N) is 1. The second-order valence-electron chi connectivity index (χ2n) is 3.73. The van der Waals surface area contributed by atoms with Crippen molar-refractivity contribution in [3.63, 3.8) is 0 Å². The van der Waals surface area contributed by atoms with E-state index in [1.807, 2.05) is 19.1 Å². The number of nitrogens with zero attached hydrogens (tertiary/aromatic N) is 2. The maximum Gasteiger partial charge on any atom is 0.223 e. The lowest BCUT2D eigenvalue weighted by Gasteiger charge is -2.11. The van der Waals surface area contributed by atoms with Crippen molar-refractivity contribution in [2.45, 2.75) is 13.3 Å². The van der Waals surface area contributed by atoms with E-state index in [1.54, 1.807) is 19.0 Å². The van der Waals surface area contributed by atoms with Crippen LogP contribution in [0.3, 0.4) is 0 Å². The molecule has 0 fully saturated rings. The topological polar surface area (TPSA) is 45.2 Å². The SMILES string of the molecule is Cc1nc(NCCC(=O)N(C)C)ccc1Br. The average molecular weight is 286 g/mol. The maximum atomic E-state index is 11.3. The van der Waals surface area contributed by atoms with Gasteiger partial charge in [0.05, 0.1) is 5.69 Å². The van der Waals surface area contributed by atoms with Gasteiger partial charge in [-0.15, -0.1) is 0 Å². The lowest BCUT2D eigenvalue weighted by Crippen LogP contribution is -2.24. The fraction of sp³-hybridized carbons (Fsp3) is 0.455. The number of halogens is 1. The molecule has 0 saturated carbocycles. The van der Waals surface area contributed by atoms with Crippen LogP contribution in [0.15, 0.2) is 16.6 Å². The summed E-state index contributed by atoms with van der Waals surface area (Å²) in [5, 5.41) is 3.12. The quantitative estimate of drug-likeness (QED) is 0.921. The van der Waals surface area contributed by atoms with Crippen LogP contribution in [0, 0.1) is 6.92 Å². The molecule has 1 heterocycles. The Balaban J connectivity index is 2.43. The third kappa shape index (κ3) is 3.81. The van der Waals surface area contributed by atoms with Crippen molar-refractivity contribution in [3.8, 4) is 0 Å². The number of carbonyl (C=O) groups is 1. The molecular formula is C11H16BrN3O. The van der Waals surface area contributed by atoms with E-state index in [1.165, 1.54) is 0 Å². The highest BCUT2D eigenvalue weighted by Crippen LogP contribution is 2.15. The third-order valence-electron chi connectivity index (χ3n) is 2.17. The molecule has 5 heteroatoms. The van der Waals surface area contributed by atoms with E-state index >= 15 is 0 Å². The van der Waals surface area contributed by atoms with Gasteiger partial charge in [0.1, 0.15) is 5.82 Å². The zero-order valence-corrected chi connectivity index (χ0v) is 11.3. The molecule has 0 aliphatic heterocycles. The zero-order valence-electron chi connectivity index (χ0n) is 9.75. The summed E-state index contributed by atoms with van der Waals surface area (Å²) in [5.41, 5.74) is 0.934. The monoisotopic (exact) mass is 285 g/mol. The number of pyridine rings is 1. The van der Waals surface area contributed by atoms with Crippen LogP contribution in [-0.4, -0.2) is 36.4 Å². The van der Waals surface area contributed by atoms with Crippen LogP contribution in [0.1, 0.15) is 12.1 Å². The van der Waals surface area contributed by atoms with E-state index in [-0.39, 0.29) is 5.91 Å². The van der Waals surface area contributed by atoms with Crippen LogP contribution >= 0.6 is 15.9 Å². The Morgan fingerprint density at radius 3 is 2.75 bits per heavy atom. The number of aryl methyl sites for hydroxylation is 1. The second-order valence-corrected chi connectivity index (χ2v) is 4.58. The number of aromatic nitrogens is 1. The van der Waals surface area contributed by atoms with Gasteiger partial charge in [0, 0.05) is 31.5 Å². The summed E-state index contributed by atoms with van der Waals surface area (Å²) in [7, 11) is 3.51. The van der Waals surface area contributed by atoms with Gasteiger partial charge in [0.2, 0.25) is 5.91 Å². The van der Waals surface area contributed by atoms with Gasteiger partial charge in [0.15, 0.2) is 0 Å². The summed E-state index contributed by atoms with van der Waals surface area (Å²) in [4.78, 5) is 17.2. The van der Waals surface area contributed by atoms with Crippen molar-refractivity contribution in [1.29, 1.82) is 0 Å². The largest absolute Gasteiger partial charge is 0.370 e. The fourth-order valence-corrected chi connectivity index (χ4v) is 1.38. The van der Waals surface area contributed by atoms with Crippen molar-refractivity contribution in [3.05, 3.63) is 22.3 Å². The number of amides is 1. The van der Waals surface area contributed by atoms with Crippen molar-refractivity contribution in [2.75, 3.05) is 26.0 Å². The second kappa shape index (κ2) is 5.84. The summed E-state index contributed by atoms with van der Waals surface area (Å²) < 4.78 is 0.988. The highest BCUT2D eigenvalue weighted by molar-refractivity contribution is 9.10. The Hall–Kier alpha value is -1.10. The van der Waals surface area contributed by atoms with Crippen molar-refractivity contribution >= 4 is 27.7 Å². The smallest absolute Gasteiger partial charge is 0.223 e. The predicted molar refractivity (Wildman–Crippen MR) is 68.5 cm³/mol. The molecule has 4 nitrogen and oxygen atoms in total. The predicted octanol–water partition coefficient (Wildman–Crippen LogP) is 2.04. The Morgan fingerprint density at radius 1 is 1.50 bits per heavy atom. The molecule has 0 aliphatic rings. The van der Waals surface area contributed by atoms with Crippen LogP contribution in [-0.2, 0) is 4.79 Å². The first-order chi connectivity index (χ1) is 7.50. The van der Waals surface area contributed by atoms with Gasteiger partial charge in [-0.1, -0.05) is 0 Å². The molecule has 0 saturated heterocycles. The molecule has 0 radical (unpaired) electrons. The van der Waals surface area contributed by atoms with Crippen LogP contribution in [0.4, 0.5) is 5.82 Å². The van der Waals surface area contributed by atoms with Crippen LogP contribution in [0.2, 0.25) is 0 Å². The maximum absolute atomic E-state index is 11.3. The third-order valence-corrected chi connectivity index (χ3v) is 3.00. The minimum Gasteiger partial charge on any atom is -0.370 e. The first kappa shape index (κ1) is 13.0. The van der Waals surface area contributed by atoms with Crippen LogP contribution in [0.25, 0.3) is 0 Å². The molecule has 0 atom stereocenters. The normalized spacial score (nSPS) is 10.0. The molecule has 1 N–H and O–H groups in total. The molecule has 0 unspecified atom stereocenters. The van der Waals surface area contributed by atoms with Crippen LogP contribution in [0.5, 0.6) is 0 Å². The first-order valence-electron chi connectivity index (χ1n) is 5.08. The first-order valence-corrected chi connectivity index (χ1v) is 5.87. The summed E-state index contributed by atoms with van der Waals surface area (Å²) in [6, 6.07) is 3.83. The highest BCUT2D eigenvalue weighted by Gasteiger charge is 2.03. The Morgan fingerprint density at radius 2 is 2.19 bits per heavy atom. The van der Waals surface area contributed by atoms with Crippen LogP contribution < -0.4 is 5.32 Å². The Kier molecular flexibility index (Phi) is 4.73. The van der Waals surface area contributed by atoms with E-state index in [9.17, 15) is 4.79 Å². The van der Waals surface area contributed by atoms with E-state index < -0.39 is 0 Å². The Labute approximate surface area is 104 Å². The minimum atomic E-state index is 0.112. The molecule has 0 spiro atoms. The van der Waals surface area contributed by atoms with Gasteiger partial charge >= 0.3 is 0 Å². The fourth-order valence-electron chi connectivity index (χ4n) is 1.16. The molecular weight excluding hydrogens is 270 g/mol. The summed E-state index contributed by atoms with van der Waals surface area (Å²) >= 11 is 3.39. The molecule has 88 valence electrons. The van der Waals surface area contributed by atoms with E-state index in [2.05, 4.69) is 26.2 Å². The van der Waals surface area contributed by atoms with E-state index in [0.717, 1.165) is 16.0 Å².